The Kier molecular flexibility index (Phi) is 7.54. The molecule has 0 saturated heterocycles. The van der Waals surface area contributed by atoms with Gasteiger partial charge in [-0.05, 0) is 42.7 Å². The van der Waals surface area contributed by atoms with Gasteiger partial charge in [0, 0.05) is 6.20 Å². The maximum Gasteiger partial charge on any atom is 0.413 e. The van der Waals surface area contributed by atoms with E-state index in [0.29, 0.717) is 24.3 Å². The zero-order valence-corrected chi connectivity index (χ0v) is 19.3. The van der Waals surface area contributed by atoms with E-state index in [1.807, 2.05) is 0 Å². The highest BCUT2D eigenvalue weighted by Gasteiger charge is 2.53. The largest absolute Gasteiger partial charge is 0.465 e. The molecular formula is C22H20F4N4O5S. The van der Waals surface area contributed by atoms with Gasteiger partial charge in [0.25, 0.3) is 0 Å². The van der Waals surface area contributed by atoms with Crippen LogP contribution in [-0.4, -0.2) is 58.9 Å². The van der Waals surface area contributed by atoms with Gasteiger partial charge in [0.15, 0.2) is 15.9 Å². The van der Waals surface area contributed by atoms with E-state index in [4.69, 9.17) is 0 Å². The average molecular weight is 528 g/mol. The fraction of sp³-hybridized carbons (Fsp3) is 0.364. The van der Waals surface area contributed by atoms with Crippen LogP contribution < -0.4 is 5.32 Å². The minimum absolute atomic E-state index is 0.0279. The molecule has 2 amide bonds. The molecule has 192 valence electrons. The second kappa shape index (κ2) is 10.1. The van der Waals surface area contributed by atoms with Crippen molar-refractivity contribution in [3.8, 4) is 6.07 Å². The summed E-state index contributed by atoms with van der Waals surface area (Å²) in [5.74, 6) is -4.37. The van der Waals surface area contributed by atoms with Crippen LogP contribution in [0.15, 0.2) is 48.7 Å². The molecule has 2 aromatic rings. The third kappa shape index (κ3) is 6.48. The summed E-state index contributed by atoms with van der Waals surface area (Å²) < 4.78 is 81.8. The number of nitriles is 1. The molecule has 0 aliphatic heterocycles. The highest BCUT2D eigenvalue weighted by atomic mass is 32.2. The van der Waals surface area contributed by atoms with Gasteiger partial charge in [-0.1, -0.05) is 18.2 Å². The number of rotatable bonds is 9. The first-order chi connectivity index (χ1) is 16.8. The number of halogens is 4. The topological polar surface area (TPSA) is 140 Å². The second-order valence-corrected chi connectivity index (χ2v) is 10.4. The number of alkyl halides is 3. The molecule has 36 heavy (non-hydrogen) atoms. The number of amides is 2. The Morgan fingerprint density at radius 2 is 1.83 bits per heavy atom. The van der Waals surface area contributed by atoms with Crippen molar-refractivity contribution >= 4 is 21.8 Å². The van der Waals surface area contributed by atoms with Crippen LogP contribution in [0.2, 0.25) is 0 Å². The van der Waals surface area contributed by atoms with Gasteiger partial charge in [0.05, 0.1) is 23.3 Å². The summed E-state index contributed by atoms with van der Waals surface area (Å²) in [5.41, 5.74) is -2.12. The molecule has 1 saturated carbocycles. The van der Waals surface area contributed by atoms with Crippen LogP contribution >= 0.6 is 0 Å². The van der Waals surface area contributed by atoms with E-state index in [-0.39, 0.29) is 23.4 Å². The number of benzene rings is 1. The van der Waals surface area contributed by atoms with Crippen LogP contribution in [-0.2, 0) is 20.4 Å². The Bertz CT molecular complexity index is 1260. The summed E-state index contributed by atoms with van der Waals surface area (Å²) in [7, 11) is -4.41. The van der Waals surface area contributed by atoms with Gasteiger partial charge in [-0.3, -0.25) is 14.7 Å². The fourth-order valence-electron chi connectivity index (χ4n) is 3.58. The van der Waals surface area contributed by atoms with Gasteiger partial charge in [-0.2, -0.15) is 18.4 Å². The molecule has 0 bridgehead atoms. The number of sulfone groups is 1. The zero-order valence-electron chi connectivity index (χ0n) is 18.4. The van der Waals surface area contributed by atoms with E-state index in [1.54, 1.807) is 6.07 Å². The summed E-state index contributed by atoms with van der Waals surface area (Å²) in [4.78, 5) is 28.8. The predicted molar refractivity (Wildman–Crippen MR) is 116 cm³/mol. The summed E-state index contributed by atoms with van der Waals surface area (Å²) >= 11 is 0. The number of carbonyl (C=O) groups excluding carboxylic acids is 1. The van der Waals surface area contributed by atoms with Gasteiger partial charge in [0.2, 0.25) is 5.91 Å². The molecule has 0 unspecified atom stereocenters. The van der Waals surface area contributed by atoms with Crippen LogP contribution in [0, 0.1) is 17.1 Å². The lowest BCUT2D eigenvalue weighted by atomic mass is 10.0. The third-order valence-corrected chi connectivity index (χ3v) is 7.02. The van der Waals surface area contributed by atoms with Crippen molar-refractivity contribution < 1.29 is 40.7 Å². The smallest absolute Gasteiger partial charge is 0.413 e. The molecule has 1 heterocycles. The lowest BCUT2D eigenvalue weighted by Gasteiger charge is -2.36. The molecule has 14 heteroatoms. The number of hydrogen-bond donors (Lipinski definition) is 2. The molecule has 3 rings (SSSR count). The highest BCUT2D eigenvalue weighted by molar-refractivity contribution is 7.90. The lowest BCUT2D eigenvalue weighted by molar-refractivity contribution is -0.186. The van der Waals surface area contributed by atoms with E-state index in [1.165, 1.54) is 24.4 Å². The molecule has 1 aliphatic carbocycles. The van der Waals surface area contributed by atoms with Crippen molar-refractivity contribution in [2.45, 2.75) is 42.4 Å². The first kappa shape index (κ1) is 26.9. The van der Waals surface area contributed by atoms with Crippen molar-refractivity contribution in [3.63, 3.8) is 0 Å². The minimum atomic E-state index is -5.31. The van der Waals surface area contributed by atoms with Crippen LogP contribution in [0.25, 0.3) is 0 Å². The molecule has 0 spiro atoms. The Morgan fingerprint density at radius 1 is 1.19 bits per heavy atom. The monoisotopic (exact) mass is 528 g/mol. The Labute approximate surface area is 203 Å². The molecule has 1 aliphatic rings. The average Bonchev–Trinajstić information content (AvgIpc) is 3.56. The number of pyridine rings is 1. The van der Waals surface area contributed by atoms with Crippen molar-refractivity contribution in [1.82, 2.24) is 15.2 Å². The number of nitrogens with one attached hydrogen (secondary N) is 1. The summed E-state index contributed by atoms with van der Waals surface area (Å²) in [6.07, 6.45) is -5.94. The predicted octanol–water partition coefficient (Wildman–Crippen LogP) is 2.96. The lowest BCUT2D eigenvalue weighted by Crippen LogP contribution is -2.58. The molecular weight excluding hydrogens is 508 g/mol. The van der Waals surface area contributed by atoms with E-state index in [0.717, 1.165) is 0 Å². The Morgan fingerprint density at radius 3 is 2.31 bits per heavy atom. The summed E-state index contributed by atoms with van der Waals surface area (Å²) in [6.45, 7) is 0. The van der Waals surface area contributed by atoms with Gasteiger partial charge in [0.1, 0.15) is 17.4 Å². The molecule has 9 nitrogen and oxygen atoms in total. The van der Waals surface area contributed by atoms with Gasteiger partial charge >= 0.3 is 12.3 Å². The Balaban J connectivity index is 2.07. The number of carboxylic acid groups (broad SMARTS) is 1. The Hall–Kier alpha value is -3.73. The minimum Gasteiger partial charge on any atom is -0.465 e. The fourth-order valence-corrected chi connectivity index (χ4v) is 5.11. The zero-order chi connectivity index (χ0) is 26.7. The number of carbonyl (C=O) groups is 2. The molecule has 1 aromatic heterocycles. The van der Waals surface area contributed by atoms with Crippen molar-refractivity contribution in [2.75, 3.05) is 5.75 Å². The standard InChI is InChI=1S/C22H20F4N4O5S/c23-15-6-4-14(5-7-15)18(22(24,25)26)30(20(32)33)17(19(31)29-21(13-27)8-9-21)12-36(34,35)11-16-3-1-2-10-28-16/h1-7,10,17-18H,8-9,11-12H2,(H,29,31)(H,32,33)/t17-,18-/m0/s1. The highest BCUT2D eigenvalue weighted by Crippen LogP contribution is 2.40. The van der Waals surface area contributed by atoms with Crippen LogP contribution in [0.4, 0.5) is 22.4 Å². The maximum atomic E-state index is 14.2. The summed E-state index contributed by atoms with van der Waals surface area (Å²) in [5, 5.41) is 21.3. The second-order valence-electron chi connectivity index (χ2n) is 8.26. The molecule has 0 radical (unpaired) electrons. The van der Waals surface area contributed by atoms with E-state index < -0.39 is 68.5 Å². The van der Waals surface area contributed by atoms with Gasteiger partial charge in [-0.15, -0.1) is 0 Å². The molecule has 2 N–H and O–H groups in total. The van der Waals surface area contributed by atoms with Crippen LogP contribution in [0.1, 0.15) is 30.1 Å². The van der Waals surface area contributed by atoms with E-state index in [2.05, 4.69) is 10.3 Å². The number of hydrogen-bond acceptors (Lipinski definition) is 6. The molecule has 1 aromatic carbocycles. The van der Waals surface area contributed by atoms with Crippen LogP contribution in [0.3, 0.4) is 0 Å². The first-order valence-electron chi connectivity index (χ1n) is 10.4. The SMILES string of the molecule is N#CC1(NC(=O)[C@H](CS(=O)(=O)Cc2ccccn2)N(C(=O)O)[C@@H](c2ccc(F)cc2)C(F)(F)F)CC1. The summed E-state index contributed by atoms with van der Waals surface area (Å²) in [6, 6.07) is 3.45. The van der Waals surface area contributed by atoms with Crippen molar-refractivity contribution in [3.05, 3.63) is 65.7 Å². The number of aromatic nitrogens is 1. The van der Waals surface area contributed by atoms with E-state index >= 15 is 0 Å². The maximum absolute atomic E-state index is 14.2. The molecule has 2 atom stereocenters. The van der Waals surface area contributed by atoms with Crippen molar-refractivity contribution in [2.24, 2.45) is 0 Å². The quantitative estimate of drug-likeness (QED) is 0.477. The van der Waals surface area contributed by atoms with Crippen LogP contribution in [0.5, 0.6) is 0 Å². The van der Waals surface area contributed by atoms with Gasteiger partial charge in [-0.25, -0.2) is 17.6 Å². The number of nitrogens with zero attached hydrogens (tertiary/aromatic N) is 3. The normalized spacial score (nSPS) is 16.3. The van der Waals surface area contributed by atoms with Gasteiger partial charge < -0.3 is 10.4 Å². The molecule has 1 fully saturated rings. The van der Waals surface area contributed by atoms with Crippen molar-refractivity contribution in [1.29, 1.82) is 5.26 Å². The first-order valence-corrected chi connectivity index (χ1v) is 12.3. The third-order valence-electron chi connectivity index (χ3n) is 5.47. The van der Waals surface area contributed by atoms with E-state index in [9.17, 15) is 45.9 Å².